The van der Waals surface area contributed by atoms with E-state index in [9.17, 15) is 9.59 Å². The summed E-state index contributed by atoms with van der Waals surface area (Å²) in [5.41, 5.74) is 1.72. The van der Waals surface area contributed by atoms with E-state index in [0.29, 0.717) is 23.5 Å². The standard InChI is InChI=1S/C19H21N5O3S/c1-27-18(25)13-6-8-14(9-7-13)20-19(26)21-15(10-12-28-2)17-23-22-16-5-3-4-11-24(16)17/h3-9,11,15H,10,12H2,1-2H3,(H2,20,21,26)/t15-/m0/s1. The van der Waals surface area contributed by atoms with Gasteiger partial charge in [-0.3, -0.25) is 4.40 Å². The zero-order valence-electron chi connectivity index (χ0n) is 15.6. The van der Waals surface area contributed by atoms with Crippen molar-refractivity contribution in [2.45, 2.75) is 12.5 Å². The van der Waals surface area contributed by atoms with Crippen LogP contribution in [0.5, 0.6) is 0 Å². The first-order chi connectivity index (χ1) is 13.6. The molecular weight excluding hydrogens is 378 g/mol. The number of carbonyl (C=O) groups is 2. The lowest BCUT2D eigenvalue weighted by Crippen LogP contribution is -2.34. The summed E-state index contributed by atoms with van der Waals surface area (Å²) in [6.45, 7) is 0. The number of anilines is 1. The first kappa shape index (κ1) is 19.7. The number of nitrogens with zero attached hydrogens (tertiary/aromatic N) is 3. The summed E-state index contributed by atoms with van der Waals surface area (Å²) in [6, 6.07) is 11.5. The van der Waals surface area contributed by atoms with Crippen LogP contribution >= 0.6 is 11.8 Å². The van der Waals surface area contributed by atoms with Crippen molar-refractivity contribution in [2.75, 3.05) is 24.4 Å². The van der Waals surface area contributed by atoms with Crippen LogP contribution in [0, 0.1) is 0 Å². The van der Waals surface area contributed by atoms with Crippen molar-refractivity contribution in [3.63, 3.8) is 0 Å². The van der Waals surface area contributed by atoms with Crippen LogP contribution < -0.4 is 10.6 Å². The van der Waals surface area contributed by atoms with Gasteiger partial charge in [-0.05, 0) is 54.8 Å². The Bertz CT molecular complexity index is 958. The fourth-order valence-electron chi connectivity index (χ4n) is 2.73. The maximum atomic E-state index is 12.5. The number of aromatic nitrogens is 3. The van der Waals surface area contributed by atoms with Crippen LogP contribution in [0.4, 0.5) is 10.5 Å². The minimum Gasteiger partial charge on any atom is -0.465 e. The van der Waals surface area contributed by atoms with Crippen molar-refractivity contribution in [2.24, 2.45) is 0 Å². The Morgan fingerprint density at radius 1 is 1.18 bits per heavy atom. The average molecular weight is 399 g/mol. The normalized spacial score (nSPS) is 11.8. The Labute approximate surface area is 166 Å². The maximum Gasteiger partial charge on any atom is 0.337 e. The van der Waals surface area contributed by atoms with Crippen molar-refractivity contribution in [1.82, 2.24) is 19.9 Å². The number of nitrogens with one attached hydrogen (secondary N) is 2. The fourth-order valence-corrected chi connectivity index (χ4v) is 3.20. The molecule has 1 aromatic carbocycles. The number of esters is 1. The van der Waals surface area contributed by atoms with Crippen molar-refractivity contribution >= 4 is 35.1 Å². The lowest BCUT2D eigenvalue weighted by atomic mass is 10.2. The van der Waals surface area contributed by atoms with Crippen molar-refractivity contribution in [1.29, 1.82) is 0 Å². The van der Waals surface area contributed by atoms with Gasteiger partial charge >= 0.3 is 12.0 Å². The molecule has 3 aromatic rings. The number of methoxy groups -OCH3 is 1. The highest BCUT2D eigenvalue weighted by Crippen LogP contribution is 2.19. The lowest BCUT2D eigenvalue weighted by Gasteiger charge is -2.17. The molecule has 0 aliphatic heterocycles. The van der Waals surface area contributed by atoms with Gasteiger partial charge in [0, 0.05) is 11.9 Å². The number of thioether (sulfide) groups is 1. The summed E-state index contributed by atoms with van der Waals surface area (Å²) in [6.07, 6.45) is 4.61. The van der Waals surface area contributed by atoms with Gasteiger partial charge in [0.05, 0.1) is 18.7 Å². The summed E-state index contributed by atoms with van der Waals surface area (Å²) in [4.78, 5) is 24.0. The van der Waals surface area contributed by atoms with Crippen LogP contribution in [-0.4, -0.2) is 45.7 Å². The number of urea groups is 1. The van der Waals surface area contributed by atoms with E-state index in [4.69, 9.17) is 0 Å². The SMILES string of the molecule is COC(=O)c1ccc(NC(=O)N[C@@H](CCSC)c2nnc3ccccn23)cc1. The second kappa shape index (κ2) is 9.23. The molecule has 0 spiro atoms. The van der Waals surface area contributed by atoms with Crippen LogP contribution in [0.25, 0.3) is 5.65 Å². The zero-order chi connectivity index (χ0) is 19.9. The topological polar surface area (TPSA) is 97.6 Å². The predicted molar refractivity (Wildman–Crippen MR) is 109 cm³/mol. The fraction of sp³-hybridized carbons (Fsp3) is 0.263. The van der Waals surface area contributed by atoms with Crippen molar-refractivity contribution in [3.8, 4) is 0 Å². The predicted octanol–water partition coefficient (Wildman–Crippen LogP) is 3.13. The van der Waals surface area contributed by atoms with Gasteiger partial charge in [-0.2, -0.15) is 11.8 Å². The Balaban J connectivity index is 1.72. The summed E-state index contributed by atoms with van der Waals surface area (Å²) >= 11 is 1.70. The molecule has 0 saturated heterocycles. The molecule has 146 valence electrons. The second-order valence-electron chi connectivity index (χ2n) is 5.99. The number of hydrogen-bond acceptors (Lipinski definition) is 6. The Hall–Kier alpha value is -3.07. The van der Waals surface area contributed by atoms with Gasteiger partial charge in [0.1, 0.15) is 0 Å². The molecule has 1 atom stereocenters. The van der Waals surface area contributed by atoms with Crippen LogP contribution in [-0.2, 0) is 4.74 Å². The van der Waals surface area contributed by atoms with E-state index in [1.54, 1.807) is 36.0 Å². The number of pyridine rings is 1. The third-order valence-corrected chi connectivity index (χ3v) is 4.78. The highest BCUT2D eigenvalue weighted by Gasteiger charge is 2.20. The minimum absolute atomic E-state index is 0.292. The van der Waals surface area contributed by atoms with Gasteiger partial charge in [-0.25, -0.2) is 9.59 Å². The molecule has 0 radical (unpaired) electrons. The molecular formula is C19H21N5O3S. The third-order valence-electron chi connectivity index (χ3n) is 4.13. The number of ether oxygens (including phenoxy) is 1. The molecule has 0 bridgehead atoms. The van der Waals surface area contributed by atoms with Gasteiger partial charge < -0.3 is 15.4 Å². The summed E-state index contributed by atoms with van der Waals surface area (Å²) in [5, 5.41) is 14.2. The Morgan fingerprint density at radius 2 is 1.96 bits per heavy atom. The van der Waals surface area contributed by atoms with E-state index in [2.05, 4.69) is 25.6 Å². The number of hydrogen-bond donors (Lipinski definition) is 2. The van der Waals surface area contributed by atoms with Crippen LogP contribution in [0.15, 0.2) is 48.7 Å². The molecule has 2 heterocycles. The van der Waals surface area contributed by atoms with E-state index in [0.717, 1.165) is 11.4 Å². The zero-order valence-corrected chi connectivity index (χ0v) is 16.4. The molecule has 8 nitrogen and oxygen atoms in total. The van der Waals surface area contributed by atoms with Crippen molar-refractivity contribution < 1.29 is 14.3 Å². The monoisotopic (exact) mass is 399 g/mol. The molecule has 0 fully saturated rings. The number of fused-ring (bicyclic) bond motifs is 1. The molecule has 0 aliphatic rings. The van der Waals surface area contributed by atoms with E-state index in [-0.39, 0.29) is 12.1 Å². The summed E-state index contributed by atoms with van der Waals surface area (Å²) in [7, 11) is 1.32. The maximum absolute atomic E-state index is 12.5. The van der Waals surface area contributed by atoms with Gasteiger partial charge in [0.25, 0.3) is 0 Å². The van der Waals surface area contributed by atoms with Gasteiger partial charge in [0.15, 0.2) is 11.5 Å². The molecule has 0 aliphatic carbocycles. The first-order valence-electron chi connectivity index (χ1n) is 8.67. The van der Waals surface area contributed by atoms with E-state index in [1.807, 2.05) is 35.1 Å². The van der Waals surface area contributed by atoms with Crippen LogP contribution in [0.3, 0.4) is 0 Å². The number of benzene rings is 1. The molecule has 2 aromatic heterocycles. The molecule has 9 heteroatoms. The van der Waals surface area contributed by atoms with E-state index < -0.39 is 5.97 Å². The smallest absolute Gasteiger partial charge is 0.337 e. The summed E-state index contributed by atoms with van der Waals surface area (Å²) in [5.74, 6) is 1.12. The minimum atomic E-state index is -0.424. The lowest BCUT2D eigenvalue weighted by molar-refractivity contribution is 0.0600. The molecule has 0 unspecified atom stereocenters. The Kier molecular flexibility index (Phi) is 6.49. The first-order valence-corrected chi connectivity index (χ1v) is 10.1. The average Bonchev–Trinajstić information content (AvgIpc) is 3.15. The van der Waals surface area contributed by atoms with Crippen LogP contribution in [0.2, 0.25) is 0 Å². The summed E-state index contributed by atoms with van der Waals surface area (Å²) < 4.78 is 6.54. The molecule has 2 N–H and O–H groups in total. The molecule has 3 rings (SSSR count). The largest absolute Gasteiger partial charge is 0.465 e. The number of amides is 2. The molecule has 0 saturated carbocycles. The van der Waals surface area contributed by atoms with Gasteiger partial charge in [-0.1, -0.05) is 6.07 Å². The molecule has 28 heavy (non-hydrogen) atoms. The van der Waals surface area contributed by atoms with Gasteiger partial charge in [-0.15, -0.1) is 10.2 Å². The molecule has 2 amide bonds. The number of carbonyl (C=O) groups excluding carboxylic acids is 2. The second-order valence-corrected chi connectivity index (χ2v) is 6.97. The van der Waals surface area contributed by atoms with Gasteiger partial charge in [0.2, 0.25) is 0 Å². The Morgan fingerprint density at radius 3 is 2.68 bits per heavy atom. The van der Waals surface area contributed by atoms with E-state index in [1.165, 1.54) is 7.11 Å². The highest BCUT2D eigenvalue weighted by atomic mass is 32.2. The van der Waals surface area contributed by atoms with E-state index >= 15 is 0 Å². The van der Waals surface area contributed by atoms with Crippen molar-refractivity contribution in [3.05, 3.63) is 60.0 Å². The number of rotatable bonds is 7. The van der Waals surface area contributed by atoms with Crippen LogP contribution in [0.1, 0.15) is 28.6 Å². The highest BCUT2D eigenvalue weighted by molar-refractivity contribution is 7.98. The third kappa shape index (κ3) is 4.61. The quantitative estimate of drug-likeness (QED) is 0.593.